The van der Waals surface area contributed by atoms with Gasteiger partial charge in [0.25, 0.3) is 0 Å². The predicted molar refractivity (Wildman–Crippen MR) is 106 cm³/mol. The van der Waals surface area contributed by atoms with Crippen LogP contribution in [0.3, 0.4) is 0 Å². The van der Waals surface area contributed by atoms with Gasteiger partial charge >= 0.3 is 0 Å². The highest BCUT2D eigenvalue weighted by Crippen LogP contribution is 2.16. The van der Waals surface area contributed by atoms with Crippen molar-refractivity contribution in [2.75, 3.05) is 32.6 Å². The van der Waals surface area contributed by atoms with E-state index in [1.165, 1.54) is 30.7 Å². The number of rotatable bonds is 6. The topological polar surface area (TPSA) is 37.2 Å². The zero-order chi connectivity index (χ0) is 17.0. The molecule has 0 spiro atoms. The molecule has 1 heterocycles. The summed E-state index contributed by atoms with van der Waals surface area (Å²) in [5.74, 6) is 0.823. The third-order valence-corrected chi connectivity index (χ3v) is 4.75. The Morgan fingerprint density at radius 2 is 1.88 bits per heavy atom. The highest BCUT2D eigenvalue weighted by atomic mass is 32.2. The second-order valence-electron chi connectivity index (χ2n) is 5.87. The molecular weight excluding hydrogens is 318 g/mol. The van der Waals surface area contributed by atoms with E-state index in [-0.39, 0.29) is 0 Å². The van der Waals surface area contributed by atoms with Crippen LogP contribution in [0.25, 0.3) is 0 Å². The summed E-state index contributed by atoms with van der Waals surface area (Å²) in [5.41, 5.74) is 0.953. The summed E-state index contributed by atoms with van der Waals surface area (Å²) < 4.78 is 5.47. The number of para-hydroxylation sites is 1. The van der Waals surface area contributed by atoms with Crippen molar-refractivity contribution >= 4 is 28.5 Å². The SMILES string of the molecule is CCCCCC/C(=N/C(=Nc1ccccc1)N1CCOCC1)SC. The molecule has 0 unspecified atom stereocenters. The maximum absolute atomic E-state index is 5.47. The number of benzene rings is 1. The van der Waals surface area contributed by atoms with Crippen molar-refractivity contribution in [1.82, 2.24) is 4.90 Å². The predicted octanol–water partition coefficient (Wildman–Crippen LogP) is 4.74. The van der Waals surface area contributed by atoms with E-state index >= 15 is 0 Å². The number of aliphatic imine (C=N–C) groups is 2. The first kappa shape index (κ1) is 19.0. The fourth-order valence-electron chi connectivity index (χ4n) is 2.57. The van der Waals surface area contributed by atoms with Gasteiger partial charge in [-0.25, -0.2) is 9.98 Å². The summed E-state index contributed by atoms with van der Waals surface area (Å²) in [6, 6.07) is 10.1. The van der Waals surface area contributed by atoms with Gasteiger partial charge in [0.2, 0.25) is 5.96 Å². The van der Waals surface area contributed by atoms with Crippen molar-refractivity contribution < 1.29 is 4.74 Å². The number of nitrogens with zero attached hydrogens (tertiary/aromatic N) is 3. The normalized spacial score (nSPS) is 16.5. The summed E-state index contributed by atoms with van der Waals surface area (Å²) >= 11 is 1.74. The summed E-state index contributed by atoms with van der Waals surface area (Å²) in [7, 11) is 0. The van der Waals surface area contributed by atoms with Crippen molar-refractivity contribution in [3.05, 3.63) is 30.3 Å². The summed E-state index contributed by atoms with van der Waals surface area (Å²) in [6.45, 7) is 5.44. The molecule has 1 aromatic rings. The van der Waals surface area contributed by atoms with Crippen LogP contribution in [0.5, 0.6) is 0 Å². The average molecular weight is 348 g/mol. The van der Waals surface area contributed by atoms with E-state index in [4.69, 9.17) is 14.7 Å². The second kappa shape index (κ2) is 11.3. The summed E-state index contributed by atoms with van der Waals surface area (Å²) in [6.07, 6.45) is 8.20. The number of ether oxygens (including phenoxy) is 1. The molecule has 0 amide bonds. The smallest absolute Gasteiger partial charge is 0.226 e. The Hall–Kier alpha value is -1.33. The molecule has 0 N–H and O–H groups in total. The lowest BCUT2D eigenvalue weighted by atomic mass is 10.2. The molecule has 1 fully saturated rings. The lowest BCUT2D eigenvalue weighted by Crippen LogP contribution is -2.40. The van der Waals surface area contributed by atoms with E-state index in [0.29, 0.717) is 0 Å². The lowest BCUT2D eigenvalue weighted by molar-refractivity contribution is 0.0676. The highest BCUT2D eigenvalue weighted by Gasteiger charge is 2.15. The van der Waals surface area contributed by atoms with Gasteiger partial charge in [-0.15, -0.1) is 11.8 Å². The molecule has 0 atom stereocenters. The minimum Gasteiger partial charge on any atom is -0.378 e. The monoisotopic (exact) mass is 347 g/mol. The van der Waals surface area contributed by atoms with Gasteiger partial charge in [0.1, 0.15) is 0 Å². The van der Waals surface area contributed by atoms with Gasteiger partial charge in [-0.2, -0.15) is 0 Å². The van der Waals surface area contributed by atoms with E-state index in [1.54, 1.807) is 11.8 Å². The molecule has 0 aromatic heterocycles. The van der Waals surface area contributed by atoms with E-state index in [9.17, 15) is 0 Å². The molecule has 1 aliphatic heterocycles. The van der Waals surface area contributed by atoms with E-state index in [2.05, 4.69) is 18.1 Å². The fourth-order valence-corrected chi connectivity index (χ4v) is 3.09. The van der Waals surface area contributed by atoms with Gasteiger partial charge in [-0.05, 0) is 31.2 Å². The minimum atomic E-state index is 0.744. The third kappa shape index (κ3) is 6.65. The zero-order valence-electron chi connectivity index (χ0n) is 14.9. The average Bonchev–Trinajstić information content (AvgIpc) is 2.65. The number of hydrogen-bond donors (Lipinski definition) is 0. The van der Waals surface area contributed by atoms with Crippen LogP contribution in [0, 0.1) is 0 Å². The molecule has 2 rings (SSSR count). The third-order valence-electron chi connectivity index (χ3n) is 3.98. The molecule has 1 aromatic carbocycles. The Kier molecular flexibility index (Phi) is 8.92. The van der Waals surface area contributed by atoms with E-state index < -0.39 is 0 Å². The Morgan fingerprint density at radius 3 is 2.54 bits per heavy atom. The Balaban J connectivity index is 2.14. The van der Waals surface area contributed by atoms with Gasteiger partial charge < -0.3 is 9.64 Å². The largest absolute Gasteiger partial charge is 0.378 e. The van der Waals surface area contributed by atoms with Crippen LogP contribution < -0.4 is 0 Å². The number of guanidine groups is 1. The first-order valence-electron chi connectivity index (χ1n) is 8.91. The second-order valence-corrected chi connectivity index (χ2v) is 6.75. The number of thioether (sulfide) groups is 1. The van der Waals surface area contributed by atoms with Crippen molar-refractivity contribution in [3.8, 4) is 0 Å². The van der Waals surface area contributed by atoms with Crippen LogP contribution in [-0.2, 0) is 4.74 Å². The molecule has 1 aliphatic rings. The molecule has 1 saturated heterocycles. The van der Waals surface area contributed by atoms with Gasteiger partial charge in [0, 0.05) is 13.1 Å². The van der Waals surface area contributed by atoms with Crippen LogP contribution in [0.1, 0.15) is 39.0 Å². The maximum atomic E-state index is 5.47. The van der Waals surface area contributed by atoms with Crippen molar-refractivity contribution in [2.45, 2.75) is 39.0 Å². The van der Waals surface area contributed by atoms with Crippen LogP contribution in [0.15, 0.2) is 40.3 Å². The van der Waals surface area contributed by atoms with Crippen LogP contribution in [-0.4, -0.2) is 48.5 Å². The lowest BCUT2D eigenvalue weighted by Gasteiger charge is -2.28. The summed E-state index contributed by atoms with van der Waals surface area (Å²) in [4.78, 5) is 11.9. The van der Waals surface area contributed by atoms with Gasteiger partial charge in [-0.1, -0.05) is 44.4 Å². The zero-order valence-corrected chi connectivity index (χ0v) is 15.7. The van der Waals surface area contributed by atoms with Crippen molar-refractivity contribution in [1.29, 1.82) is 0 Å². The number of unbranched alkanes of at least 4 members (excludes halogenated alkanes) is 3. The molecule has 132 valence electrons. The van der Waals surface area contributed by atoms with E-state index in [0.717, 1.165) is 44.4 Å². The molecule has 0 radical (unpaired) electrons. The Labute approximate surface area is 150 Å². The fraction of sp³-hybridized carbons (Fsp3) is 0.579. The first-order chi connectivity index (χ1) is 11.8. The molecule has 0 bridgehead atoms. The molecular formula is C19H29N3OS. The molecule has 5 heteroatoms. The molecule has 24 heavy (non-hydrogen) atoms. The van der Waals surface area contributed by atoms with E-state index in [1.807, 2.05) is 30.3 Å². The maximum Gasteiger partial charge on any atom is 0.226 e. The van der Waals surface area contributed by atoms with Crippen LogP contribution >= 0.6 is 11.8 Å². The van der Waals surface area contributed by atoms with Gasteiger partial charge in [0.15, 0.2) is 0 Å². The number of hydrogen-bond acceptors (Lipinski definition) is 3. The molecule has 0 saturated carbocycles. The summed E-state index contributed by atoms with van der Waals surface area (Å²) in [5, 5.41) is 1.17. The quantitative estimate of drug-likeness (QED) is 0.424. The Morgan fingerprint density at radius 1 is 1.12 bits per heavy atom. The highest BCUT2D eigenvalue weighted by molar-refractivity contribution is 8.13. The molecule has 0 aliphatic carbocycles. The molecule has 4 nitrogen and oxygen atoms in total. The van der Waals surface area contributed by atoms with Crippen molar-refractivity contribution in [2.24, 2.45) is 9.98 Å². The Bertz CT molecular complexity index is 525. The van der Waals surface area contributed by atoms with Crippen LogP contribution in [0.4, 0.5) is 5.69 Å². The van der Waals surface area contributed by atoms with Gasteiger partial charge in [-0.3, -0.25) is 0 Å². The standard InChI is InChI=1S/C19H29N3OS/c1-3-4-5-9-12-18(24-2)21-19(22-13-15-23-16-14-22)20-17-10-7-6-8-11-17/h6-8,10-11H,3-5,9,12-16H2,1-2H3/b20-19?,21-18-. The van der Waals surface area contributed by atoms with Gasteiger partial charge in [0.05, 0.1) is 23.9 Å². The first-order valence-corrected chi connectivity index (χ1v) is 10.1. The van der Waals surface area contributed by atoms with Crippen molar-refractivity contribution in [3.63, 3.8) is 0 Å². The van der Waals surface area contributed by atoms with Crippen LogP contribution in [0.2, 0.25) is 0 Å². The number of morpholine rings is 1. The minimum absolute atomic E-state index is 0.744.